The molecule has 3 rings (SSSR count). The summed E-state index contributed by atoms with van der Waals surface area (Å²) in [6, 6.07) is 15.4. The molecule has 1 atom stereocenters. The molecule has 0 radical (unpaired) electrons. The van der Waals surface area contributed by atoms with Crippen LogP contribution in [0, 0.1) is 34.6 Å². The van der Waals surface area contributed by atoms with E-state index in [1.807, 2.05) is 34.6 Å². The van der Waals surface area contributed by atoms with E-state index in [0.717, 1.165) is 32.1 Å². The molecule has 3 aromatic rings. The van der Waals surface area contributed by atoms with E-state index in [9.17, 15) is 13.2 Å². The highest BCUT2D eigenvalue weighted by atomic mass is 35.5. The number of aryl methyl sites for hydroxylation is 5. The first-order chi connectivity index (χ1) is 15.9. The van der Waals surface area contributed by atoms with E-state index < -0.39 is 15.9 Å². The molecule has 0 aliphatic carbocycles. The zero-order valence-corrected chi connectivity index (χ0v) is 22.0. The molecule has 7 heteroatoms. The Morgan fingerprint density at radius 1 is 0.882 bits per heavy atom. The van der Waals surface area contributed by atoms with Crippen LogP contribution in [0.3, 0.4) is 0 Å². The molecule has 0 aliphatic heterocycles. The molecule has 0 heterocycles. The molecule has 0 saturated carbocycles. The van der Waals surface area contributed by atoms with Crippen molar-refractivity contribution in [2.75, 3.05) is 10.8 Å². The molecule has 1 N–H and O–H groups in total. The lowest BCUT2D eigenvalue weighted by atomic mass is 9.96. The SMILES string of the molecule is Cc1ccc(S(=O)(=O)N(CC(=O)N[C@@H](C)c2cc(C)c(C)cc2C)c2ccc(C)c(Cl)c2)cc1. The summed E-state index contributed by atoms with van der Waals surface area (Å²) in [6.07, 6.45) is 0. The Balaban J connectivity index is 1.94. The number of nitrogens with zero attached hydrogens (tertiary/aromatic N) is 1. The Bertz CT molecular complexity index is 1320. The Morgan fingerprint density at radius 2 is 1.50 bits per heavy atom. The fourth-order valence-electron chi connectivity index (χ4n) is 3.83. The van der Waals surface area contributed by atoms with Crippen LogP contribution in [0.4, 0.5) is 5.69 Å². The van der Waals surface area contributed by atoms with E-state index in [4.69, 9.17) is 11.6 Å². The van der Waals surface area contributed by atoms with Crippen LogP contribution in [-0.4, -0.2) is 20.9 Å². The lowest BCUT2D eigenvalue weighted by Gasteiger charge is -2.26. The van der Waals surface area contributed by atoms with Gasteiger partial charge in [0.2, 0.25) is 5.91 Å². The first-order valence-electron chi connectivity index (χ1n) is 11.1. The van der Waals surface area contributed by atoms with Crippen LogP contribution >= 0.6 is 11.6 Å². The topological polar surface area (TPSA) is 66.5 Å². The summed E-state index contributed by atoms with van der Waals surface area (Å²) >= 11 is 6.30. The van der Waals surface area contributed by atoms with Crippen molar-refractivity contribution in [1.29, 1.82) is 0 Å². The minimum absolute atomic E-state index is 0.112. The van der Waals surface area contributed by atoms with Crippen molar-refractivity contribution in [2.45, 2.75) is 52.5 Å². The second-order valence-electron chi connectivity index (χ2n) is 8.84. The standard InChI is InChI=1S/C27H31ClN2O3S/c1-17-7-11-24(12-8-17)34(32,33)30(23-10-9-18(2)26(28)15-23)16-27(31)29-22(6)25-14-20(4)19(3)13-21(25)5/h7-15,22H,16H2,1-6H3,(H,29,31)/t22-/m0/s1. The number of rotatable bonds is 7. The number of halogens is 1. The number of amides is 1. The molecule has 3 aromatic carbocycles. The van der Waals surface area contributed by atoms with Crippen molar-refractivity contribution >= 4 is 33.2 Å². The third-order valence-corrected chi connectivity index (χ3v) is 8.26. The highest BCUT2D eigenvalue weighted by Gasteiger charge is 2.28. The van der Waals surface area contributed by atoms with Crippen LogP contribution < -0.4 is 9.62 Å². The number of benzene rings is 3. The van der Waals surface area contributed by atoms with Gasteiger partial charge < -0.3 is 5.32 Å². The average molecular weight is 499 g/mol. The van der Waals surface area contributed by atoms with Gasteiger partial charge in [-0.25, -0.2) is 8.42 Å². The number of sulfonamides is 1. The molecule has 0 saturated heterocycles. The fourth-order valence-corrected chi connectivity index (χ4v) is 5.42. The van der Waals surface area contributed by atoms with Crippen LogP contribution in [0.5, 0.6) is 0 Å². The molecule has 180 valence electrons. The molecular weight excluding hydrogens is 468 g/mol. The maximum Gasteiger partial charge on any atom is 0.264 e. The summed E-state index contributed by atoms with van der Waals surface area (Å²) in [7, 11) is -4.00. The average Bonchev–Trinajstić information content (AvgIpc) is 2.76. The van der Waals surface area contributed by atoms with E-state index in [2.05, 4.69) is 24.4 Å². The van der Waals surface area contributed by atoms with Crippen LogP contribution in [-0.2, 0) is 14.8 Å². The van der Waals surface area contributed by atoms with Gasteiger partial charge in [0, 0.05) is 5.02 Å². The molecule has 0 aromatic heterocycles. The molecule has 0 fully saturated rings. The number of hydrogen-bond donors (Lipinski definition) is 1. The maximum atomic E-state index is 13.6. The van der Waals surface area contributed by atoms with E-state index in [1.165, 1.54) is 5.56 Å². The van der Waals surface area contributed by atoms with Crippen LogP contribution in [0.15, 0.2) is 59.5 Å². The molecule has 0 aliphatic rings. The van der Waals surface area contributed by atoms with E-state index >= 15 is 0 Å². The number of carbonyl (C=O) groups is 1. The van der Waals surface area contributed by atoms with Gasteiger partial charge in [-0.05, 0) is 93.6 Å². The largest absolute Gasteiger partial charge is 0.348 e. The monoisotopic (exact) mass is 498 g/mol. The van der Waals surface area contributed by atoms with Gasteiger partial charge in [0.25, 0.3) is 10.0 Å². The normalized spacial score (nSPS) is 12.3. The smallest absolute Gasteiger partial charge is 0.264 e. The van der Waals surface area contributed by atoms with Gasteiger partial charge in [0.05, 0.1) is 16.6 Å². The van der Waals surface area contributed by atoms with Gasteiger partial charge in [-0.2, -0.15) is 0 Å². The zero-order chi connectivity index (χ0) is 25.2. The first kappa shape index (κ1) is 25.8. The third-order valence-electron chi connectivity index (χ3n) is 6.07. The van der Waals surface area contributed by atoms with E-state index in [0.29, 0.717) is 10.7 Å². The third kappa shape index (κ3) is 5.62. The number of nitrogens with one attached hydrogen (secondary N) is 1. The summed E-state index contributed by atoms with van der Waals surface area (Å²) in [5, 5.41) is 3.40. The quantitative estimate of drug-likeness (QED) is 0.437. The minimum atomic E-state index is -4.00. The summed E-state index contributed by atoms with van der Waals surface area (Å²) in [5.74, 6) is -0.405. The Hall–Kier alpha value is -2.83. The highest BCUT2D eigenvalue weighted by Crippen LogP contribution is 2.28. The van der Waals surface area contributed by atoms with Crippen molar-refractivity contribution in [3.8, 4) is 0 Å². The molecule has 1 amide bonds. The van der Waals surface area contributed by atoms with Gasteiger partial charge >= 0.3 is 0 Å². The van der Waals surface area contributed by atoms with E-state index in [-0.39, 0.29) is 17.5 Å². The number of anilines is 1. The second kappa shape index (κ2) is 10.2. The van der Waals surface area contributed by atoms with Crippen LogP contribution in [0.2, 0.25) is 5.02 Å². The van der Waals surface area contributed by atoms with Crippen molar-refractivity contribution in [3.05, 3.63) is 93.0 Å². The molecule has 5 nitrogen and oxygen atoms in total. The zero-order valence-electron chi connectivity index (χ0n) is 20.4. The Morgan fingerprint density at radius 3 is 2.12 bits per heavy atom. The van der Waals surface area contributed by atoms with Crippen LogP contribution in [0.1, 0.15) is 46.3 Å². The minimum Gasteiger partial charge on any atom is -0.348 e. The molecule has 0 spiro atoms. The van der Waals surface area contributed by atoms with E-state index in [1.54, 1.807) is 42.5 Å². The molecule has 0 bridgehead atoms. The molecule has 0 unspecified atom stereocenters. The summed E-state index contributed by atoms with van der Waals surface area (Å²) < 4.78 is 28.3. The lowest BCUT2D eigenvalue weighted by Crippen LogP contribution is -2.41. The summed E-state index contributed by atoms with van der Waals surface area (Å²) in [4.78, 5) is 13.2. The van der Waals surface area contributed by atoms with Crippen molar-refractivity contribution in [3.63, 3.8) is 0 Å². The van der Waals surface area contributed by atoms with Gasteiger partial charge in [0.15, 0.2) is 0 Å². The van der Waals surface area contributed by atoms with Crippen molar-refractivity contribution in [2.24, 2.45) is 0 Å². The summed E-state index contributed by atoms with van der Waals surface area (Å²) in [6.45, 7) is 11.3. The van der Waals surface area contributed by atoms with Crippen molar-refractivity contribution in [1.82, 2.24) is 5.32 Å². The molecular formula is C27H31ClN2O3S. The summed E-state index contributed by atoms with van der Waals surface area (Å²) in [5.41, 5.74) is 6.50. The highest BCUT2D eigenvalue weighted by molar-refractivity contribution is 7.92. The first-order valence-corrected chi connectivity index (χ1v) is 12.9. The second-order valence-corrected chi connectivity index (χ2v) is 11.1. The predicted molar refractivity (Wildman–Crippen MR) is 139 cm³/mol. The predicted octanol–water partition coefficient (Wildman–Crippen LogP) is 5.95. The van der Waals surface area contributed by atoms with Crippen LogP contribution in [0.25, 0.3) is 0 Å². The molecule has 34 heavy (non-hydrogen) atoms. The van der Waals surface area contributed by atoms with Gasteiger partial charge in [-0.1, -0.05) is 47.5 Å². The number of carbonyl (C=O) groups excluding carboxylic acids is 1. The van der Waals surface area contributed by atoms with Gasteiger partial charge in [-0.3, -0.25) is 9.10 Å². The Kier molecular flexibility index (Phi) is 7.74. The Labute approximate surface area is 207 Å². The van der Waals surface area contributed by atoms with Crippen molar-refractivity contribution < 1.29 is 13.2 Å². The number of hydrogen-bond acceptors (Lipinski definition) is 3. The van der Waals surface area contributed by atoms with Gasteiger partial charge in [-0.15, -0.1) is 0 Å². The fraction of sp³-hybridized carbons (Fsp3) is 0.296. The maximum absolute atomic E-state index is 13.6. The lowest BCUT2D eigenvalue weighted by molar-refractivity contribution is -0.120. The van der Waals surface area contributed by atoms with Gasteiger partial charge in [0.1, 0.15) is 6.54 Å².